The Kier molecular flexibility index (Phi) is 4.23. The van der Waals surface area contributed by atoms with Gasteiger partial charge in [0.05, 0.1) is 0 Å². The van der Waals surface area contributed by atoms with Crippen molar-refractivity contribution in [2.75, 3.05) is 20.4 Å². The van der Waals surface area contributed by atoms with Crippen LogP contribution < -0.4 is 0 Å². The highest BCUT2D eigenvalue weighted by molar-refractivity contribution is 5.98. The van der Waals surface area contributed by atoms with E-state index in [0.717, 1.165) is 0 Å². The Morgan fingerprint density at radius 2 is 0.800 bits per heavy atom. The van der Waals surface area contributed by atoms with E-state index in [1.54, 1.807) is 0 Å². The molecular weight excluding hydrogens is 252 g/mol. The lowest BCUT2D eigenvalue weighted by molar-refractivity contribution is -0.247. The molecule has 1 aliphatic rings. The van der Waals surface area contributed by atoms with Crippen molar-refractivity contribution in [1.82, 2.24) is 0 Å². The predicted molar refractivity (Wildman–Crippen MR) is 79.3 cm³/mol. The fourth-order valence-corrected chi connectivity index (χ4v) is 2.16. The maximum atomic E-state index is 4.62. The Morgan fingerprint density at radius 1 is 0.500 bits per heavy atom. The normalized spacial score (nSPS) is 14.8. The van der Waals surface area contributed by atoms with Crippen LogP contribution in [0.15, 0.2) is 60.7 Å². The highest BCUT2D eigenvalue weighted by Gasteiger charge is 1.95. The van der Waals surface area contributed by atoms with E-state index in [1.807, 2.05) is 0 Å². The van der Waals surface area contributed by atoms with Crippen LogP contribution in [-0.2, 0) is 14.2 Å². The van der Waals surface area contributed by atoms with Crippen LogP contribution in [0.5, 0.6) is 0 Å². The number of ether oxygens (including phenoxy) is 3. The van der Waals surface area contributed by atoms with Gasteiger partial charge in [0.15, 0.2) is 20.4 Å². The molecule has 0 aromatic heterocycles. The van der Waals surface area contributed by atoms with Gasteiger partial charge >= 0.3 is 0 Å². The van der Waals surface area contributed by atoms with Crippen LogP contribution in [0.4, 0.5) is 0 Å². The highest BCUT2D eigenvalue weighted by atomic mass is 16.8. The number of fused-ring (bicyclic) bond motifs is 2. The summed E-state index contributed by atoms with van der Waals surface area (Å²) in [7, 11) is 0. The molecule has 0 unspecified atom stereocenters. The lowest BCUT2D eigenvalue weighted by Gasteiger charge is -2.10. The van der Waals surface area contributed by atoms with Crippen molar-refractivity contribution in [3.63, 3.8) is 0 Å². The predicted octanol–water partition coefficient (Wildman–Crippen LogP) is 3.92. The van der Waals surface area contributed by atoms with Crippen molar-refractivity contribution in [2.24, 2.45) is 0 Å². The number of hydrogen-bond acceptors (Lipinski definition) is 3. The Morgan fingerprint density at radius 3 is 1.05 bits per heavy atom. The molecule has 1 aliphatic heterocycles. The highest BCUT2D eigenvalue weighted by Crippen LogP contribution is 2.21. The largest absolute Gasteiger partial charge is 0.329 e. The van der Waals surface area contributed by atoms with Crippen LogP contribution in [0.1, 0.15) is 0 Å². The molecular formula is C17H16O3. The summed E-state index contributed by atoms with van der Waals surface area (Å²) < 4.78 is 13.9. The molecule has 0 spiro atoms. The van der Waals surface area contributed by atoms with Crippen LogP contribution in [0.3, 0.4) is 0 Å². The Bertz CT molecular complexity index is 573. The standard InChI is InChI=1S/C14H10.C3H6O3/c1-2-6-12-10-14-8-4-3-7-13(14)9-11(12)5-1;1-4-2-6-3-5-1/h1-10H;1-3H2. The molecule has 20 heavy (non-hydrogen) atoms. The molecule has 0 radical (unpaired) electrons. The average molecular weight is 268 g/mol. The van der Waals surface area contributed by atoms with Crippen molar-refractivity contribution in [3.05, 3.63) is 60.7 Å². The molecule has 0 atom stereocenters. The first-order valence-corrected chi connectivity index (χ1v) is 6.54. The number of rotatable bonds is 0. The van der Waals surface area contributed by atoms with Crippen LogP contribution in [0.2, 0.25) is 0 Å². The maximum absolute atomic E-state index is 4.62. The zero-order valence-electron chi connectivity index (χ0n) is 11.1. The third-order valence-corrected chi connectivity index (χ3v) is 3.11. The van der Waals surface area contributed by atoms with E-state index in [4.69, 9.17) is 0 Å². The minimum Gasteiger partial charge on any atom is -0.329 e. The third-order valence-electron chi connectivity index (χ3n) is 3.11. The van der Waals surface area contributed by atoms with Gasteiger partial charge in [-0.2, -0.15) is 0 Å². The van der Waals surface area contributed by atoms with E-state index in [9.17, 15) is 0 Å². The maximum Gasteiger partial charge on any atom is 0.152 e. The summed E-state index contributed by atoms with van der Waals surface area (Å²) in [5.74, 6) is 0. The molecule has 1 heterocycles. The molecule has 0 bridgehead atoms. The molecule has 0 saturated carbocycles. The second-order valence-corrected chi connectivity index (χ2v) is 4.51. The van der Waals surface area contributed by atoms with E-state index < -0.39 is 0 Å². The summed E-state index contributed by atoms with van der Waals surface area (Å²) in [5.41, 5.74) is 0. The van der Waals surface area contributed by atoms with Gasteiger partial charge in [-0.3, -0.25) is 0 Å². The topological polar surface area (TPSA) is 27.7 Å². The van der Waals surface area contributed by atoms with Gasteiger partial charge in [0, 0.05) is 0 Å². The van der Waals surface area contributed by atoms with Crippen molar-refractivity contribution in [1.29, 1.82) is 0 Å². The van der Waals surface area contributed by atoms with Crippen LogP contribution in [0, 0.1) is 0 Å². The fourth-order valence-electron chi connectivity index (χ4n) is 2.16. The molecule has 4 rings (SSSR count). The van der Waals surface area contributed by atoms with Gasteiger partial charge in [0.25, 0.3) is 0 Å². The smallest absolute Gasteiger partial charge is 0.152 e. The summed E-state index contributed by atoms with van der Waals surface area (Å²) in [5, 5.41) is 5.25. The van der Waals surface area contributed by atoms with E-state index >= 15 is 0 Å². The first-order valence-electron chi connectivity index (χ1n) is 6.54. The molecule has 1 saturated heterocycles. The van der Waals surface area contributed by atoms with Gasteiger partial charge in [0.2, 0.25) is 0 Å². The average Bonchev–Trinajstić information content (AvgIpc) is 2.55. The van der Waals surface area contributed by atoms with Crippen molar-refractivity contribution >= 4 is 21.5 Å². The molecule has 102 valence electrons. The summed E-state index contributed by atoms with van der Waals surface area (Å²) in [6.07, 6.45) is 0. The first-order chi connectivity index (χ1) is 9.93. The summed E-state index contributed by atoms with van der Waals surface area (Å²) >= 11 is 0. The molecule has 3 heteroatoms. The van der Waals surface area contributed by atoms with Gasteiger partial charge in [-0.15, -0.1) is 0 Å². The summed E-state index contributed by atoms with van der Waals surface area (Å²) in [6.45, 7) is 1.12. The van der Waals surface area contributed by atoms with Crippen LogP contribution >= 0.6 is 0 Å². The van der Waals surface area contributed by atoms with E-state index in [0.29, 0.717) is 20.4 Å². The molecule has 3 nitrogen and oxygen atoms in total. The second-order valence-electron chi connectivity index (χ2n) is 4.51. The van der Waals surface area contributed by atoms with Gasteiger partial charge in [0.1, 0.15) is 0 Å². The van der Waals surface area contributed by atoms with Gasteiger partial charge < -0.3 is 14.2 Å². The monoisotopic (exact) mass is 268 g/mol. The molecule has 3 aromatic carbocycles. The number of hydrogen-bond donors (Lipinski definition) is 0. The molecule has 0 aliphatic carbocycles. The van der Waals surface area contributed by atoms with Gasteiger partial charge in [-0.05, 0) is 33.7 Å². The summed E-state index contributed by atoms with van der Waals surface area (Å²) in [6, 6.07) is 21.4. The van der Waals surface area contributed by atoms with Gasteiger partial charge in [-0.1, -0.05) is 48.5 Å². The minimum absolute atomic E-state index is 0.375. The molecule has 3 aromatic rings. The third kappa shape index (κ3) is 3.14. The zero-order chi connectivity index (χ0) is 13.6. The first kappa shape index (κ1) is 13.1. The van der Waals surface area contributed by atoms with Crippen LogP contribution in [0.25, 0.3) is 21.5 Å². The van der Waals surface area contributed by atoms with Gasteiger partial charge in [-0.25, -0.2) is 0 Å². The number of benzene rings is 3. The molecule has 1 fully saturated rings. The van der Waals surface area contributed by atoms with E-state index in [2.05, 4.69) is 74.9 Å². The van der Waals surface area contributed by atoms with E-state index in [1.165, 1.54) is 21.5 Å². The lowest BCUT2D eigenvalue weighted by Crippen LogP contribution is -2.14. The lowest BCUT2D eigenvalue weighted by atomic mass is 10.0. The molecule has 0 amide bonds. The fraction of sp³-hybridized carbons (Fsp3) is 0.176. The SMILES string of the molecule is C1OCOCO1.c1ccc2cc3ccccc3cc2c1. The van der Waals surface area contributed by atoms with Crippen molar-refractivity contribution < 1.29 is 14.2 Å². The Hall–Kier alpha value is -1.94. The molecule has 0 N–H and O–H groups in total. The van der Waals surface area contributed by atoms with E-state index in [-0.39, 0.29) is 0 Å². The Balaban J connectivity index is 0.000000170. The quantitative estimate of drug-likeness (QED) is 0.578. The Labute approximate surface area is 117 Å². The summed E-state index contributed by atoms with van der Waals surface area (Å²) in [4.78, 5) is 0. The van der Waals surface area contributed by atoms with Crippen molar-refractivity contribution in [2.45, 2.75) is 0 Å². The second kappa shape index (κ2) is 6.48. The minimum atomic E-state index is 0.375. The van der Waals surface area contributed by atoms with Crippen LogP contribution in [-0.4, -0.2) is 20.4 Å². The zero-order valence-corrected chi connectivity index (χ0v) is 11.1. The van der Waals surface area contributed by atoms with Crippen molar-refractivity contribution in [3.8, 4) is 0 Å².